The summed E-state index contributed by atoms with van der Waals surface area (Å²) in [5.74, 6) is -2.15. The molecule has 1 aromatic carbocycles. The van der Waals surface area contributed by atoms with E-state index in [0.717, 1.165) is 4.90 Å². The number of fused-ring (bicyclic) bond motifs is 1. The molecule has 2 aliphatic rings. The highest BCUT2D eigenvalue weighted by atomic mass is 32.2. The van der Waals surface area contributed by atoms with Crippen LogP contribution in [0.4, 0.5) is 0 Å². The monoisotopic (exact) mass is 441 g/mol. The third kappa shape index (κ3) is 4.15. The number of methoxy groups -OCH3 is 1. The number of β-lactam (4-membered cyclic amide) rings is 1. The molecule has 1 aromatic rings. The van der Waals surface area contributed by atoms with Gasteiger partial charge in [0.15, 0.2) is 21.3 Å². The summed E-state index contributed by atoms with van der Waals surface area (Å²) in [5, 5.41) is -1.28. The maximum atomic E-state index is 12.9. The van der Waals surface area contributed by atoms with Crippen LogP contribution in [0, 0.1) is 0 Å². The maximum absolute atomic E-state index is 12.9. The topological polar surface area (TPSA) is 107 Å². The van der Waals surface area contributed by atoms with Gasteiger partial charge in [0.1, 0.15) is 11.3 Å². The molecule has 2 aliphatic heterocycles. The molecule has 0 radical (unpaired) electrons. The summed E-state index contributed by atoms with van der Waals surface area (Å²) in [5.41, 5.74) is -0.906. The smallest absolute Gasteiger partial charge is 0.355 e. The lowest BCUT2D eigenvalue weighted by atomic mass is 10.1. The summed E-state index contributed by atoms with van der Waals surface area (Å²) < 4.78 is 48.8. The average Bonchev–Trinajstić information content (AvgIpc) is 2.61. The minimum atomic E-state index is -3.83. The van der Waals surface area contributed by atoms with E-state index in [1.165, 1.54) is 7.11 Å². The second-order valence-electron chi connectivity index (χ2n) is 7.82. The van der Waals surface area contributed by atoms with Crippen LogP contribution >= 0.6 is 0 Å². The summed E-state index contributed by atoms with van der Waals surface area (Å²) >= 11 is 0. The number of esters is 1. The lowest BCUT2D eigenvalue weighted by molar-refractivity contribution is -0.167. The molecule has 1 saturated heterocycles. The normalized spacial score (nSPS) is 24.6. The van der Waals surface area contributed by atoms with E-state index >= 15 is 0 Å². The number of ether oxygens (including phenoxy) is 2. The van der Waals surface area contributed by atoms with Crippen molar-refractivity contribution in [1.29, 1.82) is 0 Å². The maximum Gasteiger partial charge on any atom is 0.355 e. The van der Waals surface area contributed by atoms with Crippen LogP contribution in [0.3, 0.4) is 0 Å². The summed E-state index contributed by atoms with van der Waals surface area (Å²) in [4.78, 5) is 26.8. The van der Waals surface area contributed by atoms with Crippen LogP contribution in [-0.4, -0.2) is 65.1 Å². The van der Waals surface area contributed by atoms with Crippen molar-refractivity contribution in [2.24, 2.45) is 0 Å². The Morgan fingerprint density at radius 2 is 1.86 bits per heavy atom. The van der Waals surface area contributed by atoms with Gasteiger partial charge in [0.05, 0.1) is 22.3 Å². The lowest BCUT2D eigenvalue weighted by Gasteiger charge is -2.48. The summed E-state index contributed by atoms with van der Waals surface area (Å²) in [6.45, 7) is 5.00. The zero-order valence-electron chi connectivity index (χ0n) is 16.6. The lowest BCUT2D eigenvalue weighted by Crippen LogP contribution is -2.70. The Bertz CT molecular complexity index is 993. The third-order valence-corrected chi connectivity index (χ3v) is 7.82. The van der Waals surface area contributed by atoms with E-state index in [4.69, 9.17) is 9.47 Å². The number of benzene rings is 1. The summed E-state index contributed by atoms with van der Waals surface area (Å²) in [7, 11) is -4.18. The summed E-state index contributed by atoms with van der Waals surface area (Å²) in [6.07, 6.45) is -1.17. The molecule has 0 aliphatic carbocycles. The molecule has 0 N–H and O–H groups in total. The number of amides is 1. The molecule has 0 bridgehead atoms. The number of carbonyl (C=O) groups excluding carboxylic acids is 2. The first-order chi connectivity index (χ1) is 13.5. The molecule has 158 valence electrons. The Labute approximate surface area is 172 Å². The van der Waals surface area contributed by atoms with Crippen molar-refractivity contribution in [2.45, 2.75) is 42.7 Å². The zero-order chi connectivity index (χ0) is 21.6. The number of hydrogen-bond donors (Lipinski definition) is 0. The molecule has 0 saturated carbocycles. The van der Waals surface area contributed by atoms with Gasteiger partial charge in [-0.15, -0.1) is 0 Å². The second kappa shape index (κ2) is 7.66. The first-order valence-corrected chi connectivity index (χ1v) is 12.0. The molecule has 10 heteroatoms. The van der Waals surface area contributed by atoms with Crippen molar-refractivity contribution in [2.75, 3.05) is 18.6 Å². The van der Waals surface area contributed by atoms with Gasteiger partial charge < -0.3 is 9.47 Å². The SMILES string of the molecule is CO[C@H]1C(=O)N2C(C(=O)OC(C)(C)C)=C(CS(=O)c3ccccc3)CS(=O)(=O)C12. The molecule has 0 aromatic heterocycles. The standard InChI is InChI=1S/C19H23NO7S2/c1-19(2,3)27-18(22)14-12(10-28(23)13-8-6-5-7-9-13)11-29(24,25)17-15(26-4)16(21)20(14)17/h5-9,15,17H,10-11H2,1-4H3/t15-,17?,28?/m0/s1. The molecule has 2 unspecified atom stereocenters. The molecular formula is C19H23NO7S2. The van der Waals surface area contributed by atoms with Gasteiger partial charge in [0, 0.05) is 12.0 Å². The number of hydrogen-bond acceptors (Lipinski definition) is 7. The second-order valence-corrected chi connectivity index (χ2v) is 11.4. The van der Waals surface area contributed by atoms with Gasteiger partial charge in [-0.1, -0.05) is 18.2 Å². The van der Waals surface area contributed by atoms with E-state index in [-0.39, 0.29) is 17.0 Å². The molecule has 1 amide bonds. The van der Waals surface area contributed by atoms with Crippen LogP contribution in [-0.2, 0) is 39.7 Å². The van der Waals surface area contributed by atoms with E-state index in [1.54, 1.807) is 51.1 Å². The Hall–Kier alpha value is -2.04. The molecule has 0 spiro atoms. The van der Waals surface area contributed by atoms with Gasteiger partial charge in [-0.05, 0) is 38.5 Å². The van der Waals surface area contributed by atoms with E-state index in [0.29, 0.717) is 4.90 Å². The molecule has 1 fully saturated rings. The van der Waals surface area contributed by atoms with E-state index < -0.39 is 55.3 Å². The molecule has 29 heavy (non-hydrogen) atoms. The number of sulfone groups is 1. The molecule has 8 nitrogen and oxygen atoms in total. The molecule has 2 heterocycles. The van der Waals surface area contributed by atoms with Gasteiger partial charge >= 0.3 is 5.97 Å². The Morgan fingerprint density at radius 1 is 1.24 bits per heavy atom. The quantitative estimate of drug-likeness (QED) is 0.496. The Balaban J connectivity index is 2.06. The van der Waals surface area contributed by atoms with Crippen LogP contribution in [0.15, 0.2) is 46.5 Å². The van der Waals surface area contributed by atoms with Crippen LogP contribution < -0.4 is 0 Å². The van der Waals surface area contributed by atoms with Crippen molar-refractivity contribution in [3.63, 3.8) is 0 Å². The van der Waals surface area contributed by atoms with Crippen molar-refractivity contribution < 1.29 is 31.7 Å². The van der Waals surface area contributed by atoms with Gasteiger partial charge in [-0.3, -0.25) is 13.9 Å². The molecule has 3 rings (SSSR count). The number of nitrogens with zero attached hydrogens (tertiary/aromatic N) is 1. The highest BCUT2D eigenvalue weighted by Gasteiger charge is 2.60. The fourth-order valence-electron chi connectivity index (χ4n) is 3.30. The van der Waals surface area contributed by atoms with Crippen LogP contribution in [0.5, 0.6) is 0 Å². The molecular weight excluding hydrogens is 418 g/mol. The predicted molar refractivity (Wildman–Crippen MR) is 106 cm³/mol. The average molecular weight is 442 g/mol. The van der Waals surface area contributed by atoms with Crippen LogP contribution in [0.25, 0.3) is 0 Å². The largest absolute Gasteiger partial charge is 0.455 e. The number of carbonyl (C=O) groups is 2. The van der Waals surface area contributed by atoms with Crippen molar-refractivity contribution in [1.82, 2.24) is 4.90 Å². The fraction of sp³-hybridized carbons (Fsp3) is 0.474. The van der Waals surface area contributed by atoms with Crippen molar-refractivity contribution in [3.8, 4) is 0 Å². The highest BCUT2D eigenvalue weighted by molar-refractivity contribution is 7.92. The zero-order valence-corrected chi connectivity index (χ0v) is 18.2. The van der Waals surface area contributed by atoms with Crippen molar-refractivity contribution >= 4 is 32.5 Å². The Kier molecular flexibility index (Phi) is 5.72. The predicted octanol–water partition coefficient (Wildman–Crippen LogP) is 1.00. The molecule has 3 atom stereocenters. The minimum Gasteiger partial charge on any atom is -0.455 e. The number of rotatable bonds is 5. The Morgan fingerprint density at radius 3 is 2.41 bits per heavy atom. The third-order valence-electron chi connectivity index (χ3n) is 4.47. The van der Waals surface area contributed by atoms with Gasteiger partial charge in [-0.25, -0.2) is 13.2 Å². The van der Waals surface area contributed by atoms with Crippen molar-refractivity contribution in [3.05, 3.63) is 41.6 Å². The fourth-order valence-corrected chi connectivity index (χ4v) is 6.64. The summed E-state index contributed by atoms with van der Waals surface area (Å²) in [6, 6.07) is 8.50. The first kappa shape index (κ1) is 21.7. The van der Waals surface area contributed by atoms with E-state index in [2.05, 4.69) is 0 Å². The van der Waals surface area contributed by atoms with Gasteiger partial charge in [0.25, 0.3) is 5.91 Å². The van der Waals surface area contributed by atoms with E-state index in [9.17, 15) is 22.2 Å². The van der Waals surface area contributed by atoms with Crippen LogP contribution in [0.1, 0.15) is 20.8 Å². The minimum absolute atomic E-state index is 0.0978. The first-order valence-electron chi connectivity index (χ1n) is 8.92. The van der Waals surface area contributed by atoms with Gasteiger partial charge in [0.2, 0.25) is 0 Å². The van der Waals surface area contributed by atoms with Crippen LogP contribution in [0.2, 0.25) is 0 Å². The van der Waals surface area contributed by atoms with Gasteiger partial charge in [-0.2, -0.15) is 0 Å². The highest BCUT2D eigenvalue weighted by Crippen LogP contribution is 2.39. The van der Waals surface area contributed by atoms with E-state index in [1.807, 2.05) is 0 Å².